The molecule has 0 bridgehead atoms. The highest BCUT2D eigenvalue weighted by Gasteiger charge is 2.17. The summed E-state index contributed by atoms with van der Waals surface area (Å²) >= 11 is 5.98. The van der Waals surface area contributed by atoms with Crippen molar-refractivity contribution in [3.8, 4) is 0 Å². The standard InChI is InChI=1S/C14H23ClN2O/c1-4-18-8-7-17(3)14(10-16)13-6-5-12(15)9-11(13)2/h5-6,9,14H,4,7-8,10,16H2,1-3H3. The molecule has 0 saturated carbocycles. The molecule has 1 aromatic carbocycles. The fraction of sp³-hybridized carbons (Fsp3) is 0.571. The second-order valence-corrected chi connectivity index (χ2v) is 4.87. The molecule has 4 heteroatoms. The number of rotatable bonds is 7. The summed E-state index contributed by atoms with van der Waals surface area (Å²) in [5.41, 5.74) is 8.32. The van der Waals surface area contributed by atoms with E-state index in [1.54, 1.807) is 0 Å². The Bertz CT molecular complexity index is 371. The van der Waals surface area contributed by atoms with Gasteiger partial charge in [0.2, 0.25) is 0 Å². The van der Waals surface area contributed by atoms with Crippen molar-refractivity contribution in [2.45, 2.75) is 19.9 Å². The summed E-state index contributed by atoms with van der Waals surface area (Å²) < 4.78 is 5.38. The van der Waals surface area contributed by atoms with Gasteiger partial charge in [0.25, 0.3) is 0 Å². The van der Waals surface area contributed by atoms with Crippen LogP contribution in [0.4, 0.5) is 0 Å². The largest absolute Gasteiger partial charge is 0.380 e. The molecule has 0 aliphatic rings. The maximum absolute atomic E-state index is 5.98. The van der Waals surface area contributed by atoms with Gasteiger partial charge in [-0.25, -0.2) is 0 Å². The van der Waals surface area contributed by atoms with Crippen LogP contribution in [0.3, 0.4) is 0 Å². The van der Waals surface area contributed by atoms with Crippen LogP contribution in [0.5, 0.6) is 0 Å². The van der Waals surface area contributed by atoms with Crippen molar-refractivity contribution >= 4 is 11.6 Å². The Kier molecular flexibility index (Phi) is 6.65. The quantitative estimate of drug-likeness (QED) is 0.774. The summed E-state index contributed by atoms with van der Waals surface area (Å²) in [7, 11) is 2.07. The Hall–Kier alpha value is -0.610. The van der Waals surface area contributed by atoms with Gasteiger partial charge in [-0.3, -0.25) is 4.90 Å². The SMILES string of the molecule is CCOCCN(C)C(CN)c1ccc(Cl)cc1C. The van der Waals surface area contributed by atoms with E-state index in [1.807, 2.05) is 19.1 Å². The smallest absolute Gasteiger partial charge is 0.0593 e. The molecular formula is C14H23ClN2O. The maximum Gasteiger partial charge on any atom is 0.0593 e. The molecule has 1 unspecified atom stereocenters. The van der Waals surface area contributed by atoms with Crippen molar-refractivity contribution in [3.63, 3.8) is 0 Å². The molecule has 0 aromatic heterocycles. The summed E-state index contributed by atoms with van der Waals surface area (Å²) in [6.45, 7) is 7.02. The summed E-state index contributed by atoms with van der Waals surface area (Å²) in [4.78, 5) is 2.23. The molecule has 0 saturated heterocycles. The highest BCUT2D eigenvalue weighted by atomic mass is 35.5. The molecule has 0 spiro atoms. The Labute approximate surface area is 115 Å². The van der Waals surface area contributed by atoms with E-state index in [0.717, 1.165) is 24.8 Å². The number of nitrogens with zero attached hydrogens (tertiary/aromatic N) is 1. The molecule has 1 rings (SSSR count). The van der Waals surface area contributed by atoms with Crippen LogP contribution in [0.25, 0.3) is 0 Å². The van der Waals surface area contributed by atoms with Crippen molar-refractivity contribution in [2.24, 2.45) is 5.73 Å². The van der Waals surface area contributed by atoms with Gasteiger partial charge in [0.05, 0.1) is 6.61 Å². The average Bonchev–Trinajstić information content (AvgIpc) is 2.33. The van der Waals surface area contributed by atoms with E-state index >= 15 is 0 Å². The zero-order valence-electron chi connectivity index (χ0n) is 11.4. The Morgan fingerprint density at radius 2 is 2.17 bits per heavy atom. The number of nitrogens with two attached hydrogens (primary N) is 1. The lowest BCUT2D eigenvalue weighted by Gasteiger charge is -2.28. The van der Waals surface area contributed by atoms with Gasteiger partial charge < -0.3 is 10.5 Å². The van der Waals surface area contributed by atoms with Crippen molar-refractivity contribution < 1.29 is 4.74 Å². The topological polar surface area (TPSA) is 38.5 Å². The lowest BCUT2D eigenvalue weighted by Crippen LogP contribution is -2.33. The van der Waals surface area contributed by atoms with Gasteiger partial charge in [0.15, 0.2) is 0 Å². The van der Waals surface area contributed by atoms with E-state index in [9.17, 15) is 0 Å². The van der Waals surface area contributed by atoms with Gasteiger partial charge in [0, 0.05) is 30.8 Å². The molecule has 0 amide bonds. The predicted octanol–water partition coefficient (Wildman–Crippen LogP) is 2.62. The van der Waals surface area contributed by atoms with E-state index in [-0.39, 0.29) is 6.04 Å². The van der Waals surface area contributed by atoms with Crippen LogP contribution in [0.1, 0.15) is 24.1 Å². The van der Waals surface area contributed by atoms with Gasteiger partial charge in [-0.1, -0.05) is 17.7 Å². The van der Waals surface area contributed by atoms with Gasteiger partial charge >= 0.3 is 0 Å². The second kappa shape index (κ2) is 7.74. The summed E-state index contributed by atoms with van der Waals surface area (Å²) in [6.07, 6.45) is 0. The first-order valence-corrected chi connectivity index (χ1v) is 6.72. The molecule has 0 aliphatic carbocycles. The van der Waals surface area contributed by atoms with E-state index in [2.05, 4.69) is 24.9 Å². The number of likely N-dealkylation sites (N-methyl/N-ethyl adjacent to an activating group) is 1. The molecule has 102 valence electrons. The van der Waals surface area contributed by atoms with Crippen LogP contribution in [0, 0.1) is 6.92 Å². The van der Waals surface area contributed by atoms with Crippen LogP contribution >= 0.6 is 11.6 Å². The van der Waals surface area contributed by atoms with E-state index < -0.39 is 0 Å². The fourth-order valence-corrected chi connectivity index (χ4v) is 2.29. The van der Waals surface area contributed by atoms with E-state index in [1.165, 1.54) is 11.1 Å². The number of halogens is 1. The second-order valence-electron chi connectivity index (χ2n) is 4.43. The monoisotopic (exact) mass is 270 g/mol. The number of aryl methyl sites for hydroxylation is 1. The summed E-state index contributed by atoms with van der Waals surface area (Å²) in [5.74, 6) is 0. The highest BCUT2D eigenvalue weighted by molar-refractivity contribution is 6.30. The Morgan fingerprint density at radius 3 is 2.72 bits per heavy atom. The summed E-state index contributed by atoms with van der Waals surface area (Å²) in [6, 6.07) is 6.17. The molecule has 1 atom stereocenters. The van der Waals surface area contributed by atoms with Crippen LogP contribution in [-0.2, 0) is 4.74 Å². The van der Waals surface area contributed by atoms with E-state index in [4.69, 9.17) is 22.1 Å². The fourth-order valence-electron chi connectivity index (χ4n) is 2.07. The maximum atomic E-state index is 5.98. The third-order valence-corrected chi connectivity index (χ3v) is 3.37. The normalized spacial score (nSPS) is 13.0. The number of hydrogen-bond acceptors (Lipinski definition) is 3. The molecule has 0 heterocycles. The van der Waals surface area contributed by atoms with Gasteiger partial charge in [-0.05, 0) is 44.2 Å². The lowest BCUT2D eigenvalue weighted by molar-refractivity contribution is 0.108. The first-order valence-electron chi connectivity index (χ1n) is 6.34. The molecule has 0 aliphatic heterocycles. The Morgan fingerprint density at radius 1 is 1.44 bits per heavy atom. The van der Waals surface area contributed by atoms with Crippen molar-refractivity contribution in [2.75, 3.05) is 33.4 Å². The number of ether oxygens (including phenoxy) is 1. The zero-order chi connectivity index (χ0) is 13.5. The number of hydrogen-bond donors (Lipinski definition) is 1. The molecule has 0 fully saturated rings. The predicted molar refractivity (Wildman–Crippen MR) is 77.1 cm³/mol. The van der Waals surface area contributed by atoms with Crippen molar-refractivity contribution in [1.29, 1.82) is 0 Å². The molecule has 0 radical (unpaired) electrons. The van der Waals surface area contributed by atoms with Gasteiger partial charge in [0.1, 0.15) is 0 Å². The molecule has 2 N–H and O–H groups in total. The Balaban J connectivity index is 2.75. The zero-order valence-corrected chi connectivity index (χ0v) is 12.2. The van der Waals surface area contributed by atoms with Crippen LogP contribution in [0.2, 0.25) is 5.02 Å². The van der Waals surface area contributed by atoms with Crippen molar-refractivity contribution in [3.05, 3.63) is 34.3 Å². The molecule has 3 nitrogen and oxygen atoms in total. The van der Waals surface area contributed by atoms with Gasteiger partial charge in [-0.2, -0.15) is 0 Å². The number of benzene rings is 1. The third-order valence-electron chi connectivity index (χ3n) is 3.14. The average molecular weight is 271 g/mol. The first kappa shape index (κ1) is 15.4. The summed E-state index contributed by atoms with van der Waals surface area (Å²) in [5, 5.41) is 0.768. The molecular weight excluding hydrogens is 248 g/mol. The molecule has 1 aromatic rings. The lowest BCUT2D eigenvalue weighted by atomic mass is 10.0. The van der Waals surface area contributed by atoms with Gasteiger partial charge in [-0.15, -0.1) is 0 Å². The first-order chi connectivity index (χ1) is 8.60. The minimum absolute atomic E-state index is 0.211. The minimum Gasteiger partial charge on any atom is -0.380 e. The van der Waals surface area contributed by atoms with Crippen LogP contribution in [-0.4, -0.2) is 38.3 Å². The minimum atomic E-state index is 0.211. The molecule has 18 heavy (non-hydrogen) atoms. The van der Waals surface area contributed by atoms with Crippen molar-refractivity contribution in [1.82, 2.24) is 4.90 Å². The van der Waals surface area contributed by atoms with Crippen LogP contribution < -0.4 is 5.73 Å². The van der Waals surface area contributed by atoms with E-state index in [0.29, 0.717) is 6.54 Å². The van der Waals surface area contributed by atoms with Crippen LogP contribution in [0.15, 0.2) is 18.2 Å². The highest BCUT2D eigenvalue weighted by Crippen LogP contribution is 2.24. The third kappa shape index (κ3) is 4.25.